The average molecular weight is 420 g/mol. The van der Waals surface area contributed by atoms with Gasteiger partial charge in [0.1, 0.15) is 0 Å². The molecule has 0 atom stereocenters. The lowest BCUT2D eigenvalue weighted by atomic mass is 10.2. The van der Waals surface area contributed by atoms with Gasteiger partial charge in [-0.15, -0.1) is 11.3 Å². The number of carbonyl (C=O) groups is 3. The Balaban J connectivity index is 1.45. The molecule has 3 heterocycles. The van der Waals surface area contributed by atoms with Crippen LogP contribution in [0.3, 0.4) is 0 Å². The van der Waals surface area contributed by atoms with Crippen molar-refractivity contribution < 1.29 is 23.5 Å². The van der Waals surface area contributed by atoms with Gasteiger partial charge in [0.15, 0.2) is 10.9 Å². The van der Waals surface area contributed by atoms with Crippen molar-refractivity contribution in [2.75, 3.05) is 38.1 Å². The van der Waals surface area contributed by atoms with Crippen LogP contribution >= 0.6 is 11.3 Å². The van der Waals surface area contributed by atoms with Crippen molar-refractivity contribution in [3.63, 3.8) is 0 Å². The lowest BCUT2D eigenvalue weighted by molar-refractivity contribution is -0.132. The summed E-state index contributed by atoms with van der Waals surface area (Å²) in [7, 11) is 0. The molecule has 3 rings (SSSR count). The van der Waals surface area contributed by atoms with Crippen LogP contribution in [0.1, 0.15) is 30.1 Å². The minimum absolute atomic E-state index is 0.0608. The summed E-state index contributed by atoms with van der Waals surface area (Å²) in [5, 5.41) is 4.71. The molecule has 0 aliphatic carbocycles. The van der Waals surface area contributed by atoms with Gasteiger partial charge in [-0.05, 0) is 18.1 Å². The highest BCUT2D eigenvalue weighted by Crippen LogP contribution is 2.17. The van der Waals surface area contributed by atoms with E-state index in [1.54, 1.807) is 27.3 Å². The molecular weight excluding hydrogens is 396 g/mol. The van der Waals surface area contributed by atoms with Crippen LogP contribution in [0, 0.1) is 5.92 Å². The lowest BCUT2D eigenvalue weighted by Crippen LogP contribution is -2.50. The van der Waals surface area contributed by atoms with E-state index in [-0.39, 0.29) is 24.2 Å². The number of thiazole rings is 1. The smallest absolute Gasteiger partial charge is 0.413 e. The Kier molecular flexibility index (Phi) is 6.86. The van der Waals surface area contributed by atoms with Crippen LogP contribution in [0.4, 0.5) is 9.93 Å². The molecule has 1 fully saturated rings. The van der Waals surface area contributed by atoms with Crippen molar-refractivity contribution in [1.82, 2.24) is 14.8 Å². The number of hydrogen-bond donors (Lipinski definition) is 1. The zero-order valence-corrected chi connectivity index (χ0v) is 17.2. The Morgan fingerprint density at radius 2 is 1.97 bits per heavy atom. The fraction of sp³-hybridized carbons (Fsp3) is 0.474. The maximum absolute atomic E-state index is 12.5. The van der Waals surface area contributed by atoms with Crippen LogP contribution in [-0.4, -0.2) is 65.5 Å². The molecule has 0 saturated carbocycles. The van der Waals surface area contributed by atoms with Gasteiger partial charge in [-0.2, -0.15) is 0 Å². The van der Waals surface area contributed by atoms with Gasteiger partial charge in [0.25, 0.3) is 5.91 Å². The van der Waals surface area contributed by atoms with Crippen LogP contribution in [0.2, 0.25) is 0 Å². The van der Waals surface area contributed by atoms with E-state index in [9.17, 15) is 14.4 Å². The van der Waals surface area contributed by atoms with E-state index in [2.05, 4.69) is 10.3 Å². The van der Waals surface area contributed by atoms with Crippen molar-refractivity contribution >= 4 is 34.4 Å². The first-order valence-corrected chi connectivity index (χ1v) is 10.3. The van der Waals surface area contributed by atoms with Crippen LogP contribution in [0.15, 0.2) is 28.2 Å². The highest BCUT2D eigenvalue weighted by atomic mass is 32.1. The number of anilines is 1. The standard InChI is InChI=1S/C19H24N4O5S/c1-13(2)11-28-19(26)21-18-20-14(12-29-18)10-16(24)22-5-7-23(8-6-22)17(25)15-4-3-9-27-15/h3-4,9,12-13H,5-8,10-11H2,1-2H3,(H,20,21,26). The average Bonchev–Trinajstić information content (AvgIpc) is 3.38. The number of nitrogens with zero attached hydrogens (tertiary/aromatic N) is 3. The van der Waals surface area contributed by atoms with Gasteiger partial charge in [0.05, 0.1) is 25.0 Å². The fourth-order valence-electron chi connectivity index (χ4n) is 2.79. The van der Waals surface area contributed by atoms with Gasteiger partial charge in [0, 0.05) is 31.6 Å². The third-order valence-corrected chi connectivity index (χ3v) is 5.10. The van der Waals surface area contributed by atoms with E-state index in [4.69, 9.17) is 9.15 Å². The van der Waals surface area contributed by atoms with Crippen LogP contribution < -0.4 is 5.32 Å². The molecule has 10 heteroatoms. The van der Waals surface area contributed by atoms with Crippen molar-refractivity contribution in [3.8, 4) is 0 Å². The lowest BCUT2D eigenvalue weighted by Gasteiger charge is -2.34. The van der Waals surface area contributed by atoms with Crippen LogP contribution in [0.5, 0.6) is 0 Å². The molecule has 29 heavy (non-hydrogen) atoms. The Labute approximate surface area is 172 Å². The maximum atomic E-state index is 12.5. The van der Waals surface area contributed by atoms with Crippen molar-refractivity contribution in [1.29, 1.82) is 0 Å². The fourth-order valence-corrected chi connectivity index (χ4v) is 3.49. The van der Waals surface area contributed by atoms with Crippen molar-refractivity contribution in [3.05, 3.63) is 35.2 Å². The van der Waals surface area contributed by atoms with Crippen LogP contribution in [-0.2, 0) is 16.0 Å². The number of furan rings is 1. The molecule has 0 aromatic carbocycles. The molecule has 0 unspecified atom stereocenters. The summed E-state index contributed by atoms with van der Waals surface area (Å²) in [4.78, 5) is 44.2. The second kappa shape index (κ2) is 9.55. The van der Waals surface area contributed by atoms with Gasteiger partial charge >= 0.3 is 6.09 Å². The van der Waals surface area contributed by atoms with Crippen molar-refractivity contribution in [2.45, 2.75) is 20.3 Å². The molecule has 3 amide bonds. The number of aromatic nitrogens is 1. The molecule has 9 nitrogen and oxygen atoms in total. The minimum Gasteiger partial charge on any atom is -0.459 e. The summed E-state index contributed by atoms with van der Waals surface area (Å²) in [6, 6.07) is 3.31. The topological polar surface area (TPSA) is 105 Å². The number of rotatable bonds is 6. The monoisotopic (exact) mass is 420 g/mol. The molecule has 0 spiro atoms. The Morgan fingerprint density at radius 3 is 2.62 bits per heavy atom. The zero-order chi connectivity index (χ0) is 20.8. The largest absolute Gasteiger partial charge is 0.459 e. The highest BCUT2D eigenvalue weighted by Gasteiger charge is 2.26. The van der Waals surface area contributed by atoms with Gasteiger partial charge in [-0.3, -0.25) is 14.9 Å². The Morgan fingerprint density at radius 1 is 1.24 bits per heavy atom. The number of hydrogen-bond acceptors (Lipinski definition) is 7. The molecule has 0 radical (unpaired) electrons. The van der Waals surface area contributed by atoms with E-state index in [1.807, 2.05) is 13.8 Å². The number of piperazine rings is 1. The van der Waals surface area contributed by atoms with E-state index in [1.165, 1.54) is 17.6 Å². The summed E-state index contributed by atoms with van der Waals surface area (Å²) in [5.74, 6) is 0.329. The first-order chi connectivity index (χ1) is 13.9. The summed E-state index contributed by atoms with van der Waals surface area (Å²) in [6.07, 6.45) is 1.06. The maximum Gasteiger partial charge on any atom is 0.413 e. The first-order valence-electron chi connectivity index (χ1n) is 9.41. The molecule has 1 saturated heterocycles. The summed E-state index contributed by atoms with van der Waals surface area (Å²) in [5.41, 5.74) is 0.591. The van der Waals surface area contributed by atoms with Crippen molar-refractivity contribution in [2.24, 2.45) is 5.92 Å². The third kappa shape index (κ3) is 5.80. The summed E-state index contributed by atoms with van der Waals surface area (Å²) >= 11 is 1.25. The predicted molar refractivity (Wildman–Crippen MR) is 107 cm³/mol. The molecule has 1 aliphatic heterocycles. The van der Waals surface area contributed by atoms with Gasteiger partial charge in [-0.1, -0.05) is 13.8 Å². The molecule has 1 N–H and O–H groups in total. The number of carbonyl (C=O) groups excluding carboxylic acids is 3. The Hall–Kier alpha value is -2.88. The van der Waals surface area contributed by atoms with E-state index in [0.29, 0.717) is 49.4 Å². The number of nitrogens with one attached hydrogen (secondary N) is 1. The molecule has 2 aromatic rings. The SMILES string of the molecule is CC(C)COC(=O)Nc1nc(CC(=O)N2CCN(C(=O)c3ccco3)CC2)cs1. The molecule has 2 aromatic heterocycles. The third-order valence-electron chi connectivity index (χ3n) is 4.29. The molecular formula is C19H24N4O5S. The second-order valence-corrected chi connectivity index (χ2v) is 7.95. The van der Waals surface area contributed by atoms with E-state index in [0.717, 1.165) is 0 Å². The quantitative estimate of drug-likeness (QED) is 0.770. The number of ether oxygens (including phenoxy) is 1. The van der Waals surface area contributed by atoms with E-state index >= 15 is 0 Å². The van der Waals surface area contributed by atoms with Gasteiger partial charge < -0.3 is 19.0 Å². The molecule has 156 valence electrons. The van der Waals surface area contributed by atoms with E-state index < -0.39 is 6.09 Å². The Bertz CT molecular complexity index is 841. The summed E-state index contributed by atoms with van der Waals surface area (Å²) in [6.45, 7) is 6.06. The van der Waals surface area contributed by atoms with Gasteiger partial charge in [-0.25, -0.2) is 9.78 Å². The minimum atomic E-state index is -0.553. The number of amides is 3. The summed E-state index contributed by atoms with van der Waals surface area (Å²) < 4.78 is 10.2. The second-order valence-electron chi connectivity index (χ2n) is 7.09. The normalized spacial score (nSPS) is 14.2. The molecule has 1 aliphatic rings. The first kappa shape index (κ1) is 20.8. The zero-order valence-electron chi connectivity index (χ0n) is 16.4. The van der Waals surface area contributed by atoms with Crippen LogP contribution in [0.25, 0.3) is 0 Å². The van der Waals surface area contributed by atoms with Gasteiger partial charge in [0.2, 0.25) is 5.91 Å². The highest BCUT2D eigenvalue weighted by molar-refractivity contribution is 7.13. The predicted octanol–water partition coefficient (Wildman–Crippen LogP) is 2.47. The molecule has 0 bridgehead atoms.